The summed E-state index contributed by atoms with van der Waals surface area (Å²) in [7, 11) is 0. The van der Waals surface area contributed by atoms with E-state index in [-0.39, 0.29) is 17.7 Å². The fraction of sp³-hybridized carbons (Fsp3) is 0.111. The second kappa shape index (κ2) is 11.9. The summed E-state index contributed by atoms with van der Waals surface area (Å²) in [6, 6.07) is 21.8. The number of carbonyl (C=O) groups excluding carboxylic acids is 2. The van der Waals surface area contributed by atoms with Crippen LogP contribution in [0.2, 0.25) is 0 Å². The third-order valence-corrected chi connectivity index (χ3v) is 6.73. The zero-order valence-electron chi connectivity index (χ0n) is 19.2. The highest BCUT2D eigenvalue weighted by molar-refractivity contribution is 14.1. The molecule has 0 radical (unpaired) electrons. The SMILES string of the molecule is CCOc1cc(/C=C2\SC(=NC(=O)c3ccccc3)NC2=O)cc(I)c1OCc1ccccc1C#N. The van der Waals surface area contributed by atoms with Crippen molar-refractivity contribution in [1.29, 1.82) is 5.26 Å². The predicted molar refractivity (Wildman–Crippen MR) is 148 cm³/mol. The Morgan fingerprint density at radius 2 is 1.89 bits per heavy atom. The Bertz CT molecular complexity index is 1410. The van der Waals surface area contributed by atoms with Crippen LogP contribution < -0.4 is 14.8 Å². The highest BCUT2D eigenvalue weighted by Crippen LogP contribution is 2.37. The molecule has 180 valence electrons. The molecule has 1 aliphatic rings. The molecule has 7 nitrogen and oxygen atoms in total. The molecule has 1 aliphatic heterocycles. The fourth-order valence-electron chi connectivity index (χ4n) is 3.35. The number of nitrogens with zero attached hydrogens (tertiary/aromatic N) is 2. The van der Waals surface area contributed by atoms with Gasteiger partial charge in [0, 0.05) is 11.1 Å². The second-order valence-corrected chi connectivity index (χ2v) is 9.67. The first kappa shape index (κ1) is 25.5. The predicted octanol–water partition coefficient (Wildman–Crippen LogP) is 5.54. The molecule has 0 unspecified atom stereocenters. The maximum absolute atomic E-state index is 12.5. The number of carbonyl (C=O) groups is 2. The van der Waals surface area contributed by atoms with Gasteiger partial charge in [0.1, 0.15) is 6.61 Å². The molecule has 1 N–H and O–H groups in total. The van der Waals surface area contributed by atoms with Gasteiger partial charge in [-0.2, -0.15) is 10.3 Å². The van der Waals surface area contributed by atoms with Crippen LogP contribution >= 0.6 is 34.4 Å². The molecule has 1 saturated heterocycles. The van der Waals surface area contributed by atoms with Crippen molar-refractivity contribution in [2.75, 3.05) is 6.61 Å². The normalized spacial score (nSPS) is 15.0. The van der Waals surface area contributed by atoms with Crippen molar-refractivity contribution in [3.8, 4) is 17.6 Å². The molecule has 36 heavy (non-hydrogen) atoms. The van der Waals surface area contributed by atoms with Gasteiger partial charge in [0.05, 0.1) is 26.7 Å². The Morgan fingerprint density at radius 1 is 1.14 bits per heavy atom. The molecule has 0 atom stereocenters. The van der Waals surface area contributed by atoms with E-state index in [1.807, 2.05) is 37.3 Å². The van der Waals surface area contributed by atoms with Gasteiger partial charge in [-0.1, -0.05) is 36.4 Å². The maximum Gasteiger partial charge on any atom is 0.279 e. The largest absolute Gasteiger partial charge is 0.490 e. The van der Waals surface area contributed by atoms with Crippen LogP contribution in [0.4, 0.5) is 0 Å². The number of amides is 2. The Balaban J connectivity index is 1.55. The van der Waals surface area contributed by atoms with Crippen LogP contribution in [0.25, 0.3) is 6.08 Å². The third-order valence-electron chi connectivity index (χ3n) is 5.01. The molecule has 9 heteroatoms. The van der Waals surface area contributed by atoms with Crippen molar-refractivity contribution in [1.82, 2.24) is 5.32 Å². The van der Waals surface area contributed by atoms with E-state index in [0.717, 1.165) is 26.5 Å². The summed E-state index contributed by atoms with van der Waals surface area (Å²) in [4.78, 5) is 29.3. The van der Waals surface area contributed by atoms with Crippen molar-refractivity contribution in [2.24, 2.45) is 4.99 Å². The Hall–Kier alpha value is -3.62. The van der Waals surface area contributed by atoms with Crippen LogP contribution in [0.3, 0.4) is 0 Å². The van der Waals surface area contributed by atoms with Crippen molar-refractivity contribution in [3.63, 3.8) is 0 Å². The monoisotopic (exact) mass is 609 g/mol. The molecule has 3 aromatic rings. The van der Waals surface area contributed by atoms with Gasteiger partial charge in [-0.3, -0.25) is 9.59 Å². The lowest BCUT2D eigenvalue weighted by Gasteiger charge is -2.15. The van der Waals surface area contributed by atoms with E-state index >= 15 is 0 Å². The summed E-state index contributed by atoms with van der Waals surface area (Å²) in [6.45, 7) is 2.52. The van der Waals surface area contributed by atoms with Crippen LogP contribution in [0.15, 0.2) is 76.6 Å². The number of aliphatic imine (C=N–C) groups is 1. The van der Waals surface area contributed by atoms with Crippen LogP contribution in [0.1, 0.15) is 34.0 Å². The Labute approximate surface area is 226 Å². The van der Waals surface area contributed by atoms with Gasteiger partial charge < -0.3 is 14.8 Å². The van der Waals surface area contributed by atoms with Crippen LogP contribution in [0.5, 0.6) is 11.5 Å². The van der Waals surface area contributed by atoms with Gasteiger partial charge in [-0.15, -0.1) is 0 Å². The molecule has 0 spiro atoms. The lowest BCUT2D eigenvalue weighted by Crippen LogP contribution is -2.20. The van der Waals surface area contributed by atoms with Gasteiger partial charge in [-0.25, -0.2) is 0 Å². The number of thioether (sulfide) groups is 1. The number of nitriles is 1. The summed E-state index contributed by atoms with van der Waals surface area (Å²) in [5.41, 5.74) is 2.52. The van der Waals surface area contributed by atoms with E-state index in [2.05, 4.69) is 39.0 Å². The standard InChI is InChI=1S/C27H20IN3O4S/c1-2-34-22-13-17(12-21(28)24(22)35-16-20-11-7-6-10-19(20)15-29)14-23-26(33)31-27(36-23)30-25(32)18-8-4-3-5-9-18/h3-14H,2,16H2,1H3,(H,30,31,32,33)/b23-14-. The average Bonchev–Trinajstić information content (AvgIpc) is 3.22. The van der Waals surface area contributed by atoms with Gasteiger partial charge >= 0.3 is 0 Å². The minimum atomic E-state index is -0.424. The number of halogens is 1. The molecular weight excluding hydrogens is 589 g/mol. The molecule has 4 rings (SSSR count). The molecule has 3 aromatic carbocycles. The summed E-state index contributed by atoms with van der Waals surface area (Å²) in [5.74, 6) is 0.335. The topological polar surface area (TPSA) is 101 Å². The lowest BCUT2D eigenvalue weighted by atomic mass is 10.1. The zero-order valence-corrected chi connectivity index (χ0v) is 22.1. The highest BCUT2D eigenvalue weighted by atomic mass is 127. The number of amidine groups is 1. The van der Waals surface area contributed by atoms with Gasteiger partial charge in [-0.05, 0) is 83.2 Å². The molecule has 0 bridgehead atoms. The molecule has 0 aliphatic carbocycles. The number of hydrogen-bond acceptors (Lipinski definition) is 6. The first-order valence-electron chi connectivity index (χ1n) is 10.9. The van der Waals surface area contributed by atoms with Crippen LogP contribution in [-0.4, -0.2) is 23.6 Å². The summed E-state index contributed by atoms with van der Waals surface area (Å²) < 4.78 is 12.7. The molecule has 0 aromatic heterocycles. The summed E-state index contributed by atoms with van der Waals surface area (Å²) in [5, 5.41) is 12.2. The average molecular weight is 609 g/mol. The van der Waals surface area contributed by atoms with E-state index in [0.29, 0.717) is 34.1 Å². The number of rotatable bonds is 7. The lowest BCUT2D eigenvalue weighted by molar-refractivity contribution is -0.115. The van der Waals surface area contributed by atoms with E-state index in [1.54, 1.807) is 42.5 Å². The molecule has 1 fully saturated rings. The first-order valence-corrected chi connectivity index (χ1v) is 12.8. The summed E-state index contributed by atoms with van der Waals surface area (Å²) >= 11 is 3.26. The zero-order chi connectivity index (χ0) is 25.5. The van der Waals surface area contributed by atoms with E-state index in [9.17, 15) is 14.9 Å². The van der Waals surface area contributed by atoms with Crippen molar-refractivity contribution in [2.45, 2.75) is 13.5 Å². The molecule has 1 heterocycles. The van der Waals surface area contributed by atoms with E-state index < -0.39 is 5.91 Å². The number of hydrogen-bond donors (Lipinski definition) is 1. The highest BCUT2D eigenvalue weighted by Gasteiger charge is 2.25. The fourth-order valence-corrected chi connectivity index (χ4v) is 4.95. The van der Waals surface area contributed by atoms with Crippen molar-refractivity contribution in [3.05, 3.63) is 97.5 Å². The first-order chi connectivity index (χ1) is 17.5. The second-order valence-electron chi connectivity index (χ2n) is 7.47. The maximum atomic E-state index is 12.5. The van der Waals surface area contributed by atoms with E-state index in [1.165, 1.54) is 0 Å². The number of nitrogens with one attached hydrogen (secondary N) is 1. The summed E-state index contributed by atoms with van der Waals surface area (Å²) in [6.07, 6.45) is 1.72. The van der Waals surface area contributed by atoms with Crippen LogP contribution in [0, 0.1) is 14.9 Å². The molecular formula is C27H20IN3O4S. The van der Waals surface area contributed by atoms with E-state index in [4.69, 9.17) is 9.47 Å². The Kier molecular flexibility index (Phi) is 8.40. The minimum absolute atomic E-state index is 0.216. The van der Waals surface area contributed by atoms with Crippen molar-refractivity contribution < 1.29 is 19.1 Å². The van der Waals surface area contributed by atoms with Crippen LogP contribution in [-0.2, 0) is 11.4 Å². The minimum Gasteiger partial charge on any atom is -0.490 e. The van der Waals surface area contributed by atoms with Gasteiger partial charge in [0.2, 0.25) is 0 Å². The quantitative estimate of drug-likeness (QED) is 0.279. The number of ether oxygens (including phenoxy) is 2. The Morgan fingerprint density at radius 3 is 2.64 bits per heavy atom. The smallest absolute Gasteiger partial charge is 0.279 e. The van der Waals surface area contributed by atoms with Crippen molar-refractivity contribution >= 4 is 57.4 Å². The van der Waals surface area contributed by atoms with Gasteiger partial charge in [0.15, 0.2) is 16.7 Å². The van der Waals surface area contributed by atoms with Gasteiger partial charge in [0.25, 0.3) is 11.8 Å². The molecule has 0 saturated carbocycles. The number of benzene rings is 3. The third kappa shape index (κ3) is 6.13. The molecule has 2 amide bonds.